The molecule has 2 heterocycles. The summed E-state index contributed by atoms with van der Waals surface area (Å²) in [6.45, 7) is 7.93. The molecule has 1 N–H and O–H groups in total. The molecule has 3 rings (SSSR count). The molecule has 0 saturated carbocycles. The van der Waals surface area contributed by atoms with Crippen LogP contribution in [0.5, 0.6) is 0 Å². The average Bonchev–Trinajstić information content (AvgIpc) is 3.05. The molecular weight excluding hydrogens is 324 g/mol. The summed E-state index contributed by atoms with van der Waals surface area (Å²) in [6, 6.07) is 10.0. The number of anilines is 1. The molecule has 0 bridgehead atoms. The van der Waals surface area contributed by atoms with E-state index in [0.29, 0.717) is 24.8 Å². The van der Waals surface area contributed by atoms with Crippen molar-refractivity contribution in [3.8, 4) is 0 Å². The molecule has 1 aromatic carbocycles. The molecule has 2 aromatic rings. The molecule has 2 amide bonds. The molecule has 6 nitrogen and oxygen atoms in total. The van der Waals surface area contributed by atoms with Gasteiger partial charge in [0.25, 0.3) is 0 Å². The van der Waals surface area contributed by atoms with Crippen molar-refractivity contribution < 1.29 is 9.53 Å². The number of aromatic nitrogens is 2. The molecule has 7 heteroatoms. The van der Waals surface area contributed by atoms with Crippen molar-refractivity contribution in [3.63, 3.8) is 0 Å². The van der Waals surface area contributed by atoms with E-state index in [4.69, 9.17) is 4.74 Å². The molecule has 1 fully saturated rings. The third-order valence-corrected chi connectivity index (χ3v) is 5.36. The normalized spacial score (nSPS) is 18.5. The minimum Gasteiger partial charge on any atom is -0.375 e. The van der Waals surface area contributed by atoms with Crippen LogP contribution >= 0.6 is 11.3 Å². The number of ether oxygens (including phenoxy) is 1. The number of carbonyl (C=O) groups excluding carboxylic acids is 1. The lowest BCUT2D eigenvalue weighted by Gasteiger charge is -2.30. The Labute approximate surface area is 145 Å². The van der Waals surface area contributed by atoms with Crippen LogP contribution in [0.25, 0.3) is 0 Å². The van der Waals surface area contributed by atoms with Crippen LogP contribution in [-0.2, 0) is 10.2 Å². The topological polar surface area (TPSA) is 67.4 Å². The summed E-state index contributed by atoms with van der Waals surface area (Å²) < 4.78 is 5.46. The fraction of sp³-hybridized carbons (Fsp3) is 0.471. The van der Waals surface area contributed by atoms with Gasteiger partial charge in [-0.15, -0.1) is 10.2 Å². The molecule has 0 spiro atoms. The second-order valence-electron chi connectivity index (χ2n) is 6.46. The number of benzene rings is 1. The lowest BCUT2D eigenvalue weighted by atomic mass is 9.85. The van der Waals surface area contributed by atoms with Gasteiger partial charge in [0, 0.05) is 18.5 Å². The first-order valence-corrected chi connectivity index (χ1v) is 8.85. The minimum atomic E-state index is -0.255. The van der Waals surface area contributed by atoms with Gasteiger partial charge >= 0.3 is 6.03 Å². The Bertz CT molecular complexity index is 702. The van der Waals surface area contributed by atoms with Gasteiger partial charge in [0.1, 0.15) is 5.01 Å². The van der Waals surface area contributed by atoms with Gasteiger partial charge in [-0.25, -0.2) is 4.79 Å². The van der Waals surface area contributed by atoms with Crippen LogP contribution in [0.2, 0.25) is 0 Å². The summed E-state index contributed by atoms with van der Waals surface area (Å²) in [7, 11) is 0. The van der Waals surface area contributed by atoms with E-state index in [2.05, 4.69) is 41.5 Å². The van der Waals surface area contributed by atoms with E-state index in [1.54, 1.807) is 4.90 Å². The highest BCUT2D eigenvalue weighted by Crippen LogP contribution is 2.34. The van der Waals surface area contributed by atoms with E-state index >= 15 is 0 Å². The van der Waals surface area contributed by atoms with Crippen LogP contribution < -0.4 is 5.32 Å². The number of urea groups is 1. The quantitative estimate of drug-likeness (QED) is 0.927. The summed E-state index contributed by atoms with van der Waals surface area (Å²) in [5, 5.41) is 12.7. The minimum absolute atomic E-state index is 0.0616. The lowest BCUT2D eigenvalue weighted by molar-refractivity contribution is -0.00138. The van der Waals surface area contributed by atoms with Gasteiger partial charge in [-0.2, -0.15) is 0 Å². The van der Waals surface area contributed by atoms with E-state index in [1.807, 2.05) is 25.1 Å². The van der Waals surface area contributed by atoms with Gasteiger partial charge < -0.3 is 9.64 Å². The average molecular weight is 346 g/mol. The van der Waals surface area contributed by atoms with Gasteiger partial charge in [-0.05, 0) is 26.3 Å². The Balaban J connectivity index is 1.70. The number of carbonyl (C=O) groups is 1. The lowest BCUT2D eigenvalue weighted by Crippen LogP contribution is -2.46. The van der Waals surface area contributed by atoms with Crippen molar-refractivity contribution in [2.45, 2.75) is 32.3 Å². The van der Waals surface area contributed by atoms with Crippen LogP contribution in [0, 0.1) is 0 Å². The Hall–Kier alpha value is -1.99. The smallest absolute Gasteiger partial charge is 0.323 e. The third kappa shape index (κ3) is 3.57. The van der Waals surface area contributed by atoms with Gasteiger partial charge in [0.15, 0.2) is 0 Å². The maximum atomic E-state index is 12.3. The van der Waals surface area contributed by atoms with Crippen LogP contribution in [-0.4, -0.2) is 46.9 Å². The maximum absolute atomic E-state index is 12.3. The van der Waals surface area contributed by atoms with E-state index in [9.17, 15) is 4.79 Å². The van der Waals surface area contributed by atoms with Crippen LogP contribution in [0.3, 0.4) is 0 Å². The molecular formula is C17H22N4O2S. The number of morpholine rings is 1. The summed E-state index contributed by atoms with van der Waals surface area (Å²) >= 11 is 1.42. The standard InChI is InChI=1S/C17H22N4O2S/c1-12-11-21(9-10-23-12)16(22)18-15-20-19-14(24-15)17(2,3)13-7-5-4-6-8-13/h4-8,12H,9-11H2,1-3H3,(H,18,20,22). The van der Waals surface area contributed by atoms with E-state index < -0.39 is 0 Å². The number of hydrogen-bond donors (Lipinski definition) is 1. The molecule has 1 aliphatic heterocycles. The Morgan fingerprint density at radius 1 is 1.33 bits per heavy atom. The second-order valence-corrected chi connectivity index (χ2v) is 7.44. The fourth-order valence-corrected chi connectivity index (χ4v) is 3.54. The Kier molecular flexibility index (Phi) is 4.82. The number of hydrogen-bond acceptors (Lipinski definition) is 5. The zero-order valence-corrected chi connectivity index (χ0v) is 15.0. The molecule has 1 aromatic heterocycles. The summed E-state index contributed by atoms with van der Waals surface area (Å²) in [5.41, 5.74) is 0.913. The Morgan fingerprint density at radius 3 is 2.79 bits per heavy atom. The molecule has 128 valence electrons. The number of rotatable bonds is 3. The molecule has 1 aliphatic rings. The molecule has 0 aliphatic carbocycles. The predicted octanol–water partition coefficient (Wildman–Crippen LogP) is 3.12. The molecule has 0 radical (unpaired) electrons. The van der Waals surface area contributed by atoms with Crippen molar-refractivity contribution in [2.24, 2.45) is 0 Å². The Morgan fingerprint density at radius 2 is 2.08 bits per heavy atom. The van der Waals surface area contributed by atoms with E-state index in [-0.39, 0.29) is 17.6 Å². The van der Waals surface area contributed by atoms with Crippen molar-refractivity contribution in [1.82, 2.24) is 15.1 Å². The monoisotopic (exact) mass is 346 g/mol. The third-order valence-electron chi connectivity index (χ3n) is 4.20. The van der Waals surface area contributed by atoms with Crippen molar-refractivity contribution in [3.05, 3.63) is 40.9 Å². The van der Waals surface area contributed by atoms with Gasteiger partial charge in [0.2, 0.25) is 5.13 Å². The highest BCUT2D eigenvalue weighted by molar-refractivity contribution is 7.15. The first-order chi connectivity index (χ1) is 11.5. The SMILES string of the molecule is CC1CN(C(=O)Nc2nnc(C(C)(C)c3ccccc3)s2)CCO1. The van der Waals surface area contributed by atoms with Gasteiger partial charge in [-0.1, -0.05) is 41.7 Å². The molecule has 24 heavy (non-hydrogen) atoms. The summed E-state index contributed by atoms with van der Waals surface area (Å²) in [6.07, 6.45) is 0.0616. The van der Waals surface area contributed by atoms with Crippen molar-refractivity contribution >= 4 is 22.5 Å². The predicted molar refractivity (Wildman–Crippen MR) is 94.5 cm³/mol. The van der Waals surface area contributed by atoms with Gasteiger partial charge in [-0.3, -0.25) is 5.32 Å². The summed E-state index contributed by atoms with van der Waals surface area (Å²) in [4.78, 5) is 14.1. The van der Waals surface area contributed by atoms with E-state index in [0.717, 1.165) is 5.01 Å². The summed E-state index contributed by atoms with van der Waals surface area (Å²) in [5.74, 6) is 0. The first kappa shape index (κ1) is 16.9. The van der Waals surface area contributed by atoms with Crippen molar-refractivity contribution in [1.29, 1.82) is 0 Å². The molecule has 1 saturated heterocycles. The number of nitrogens with one attached hydrogen (secondary N) is 1. The fourth-order valence-electron chi connectivity index (χ4n) is 2.68. The van der Waals surface area contributed by atoms with Crippen LogP contribution in [0.15, 0.2) is 30.3 Å². The van der Waals surface area contributed by atoms with Crippen LogP contribution in [0.4, 0.5) is 9.93 Å². The number of nitrogens with zero attached hydrogens (tertiary/aromatic N) is 3. The molecule has 1 atom stereocenters. The zero-order valence-electron chi connectivity index (χ0n) is 14.2. The van der Waals surface area contributed by atoms with Crippen LogP contribution in [0.1, 0.15) is 31.3 Å². The second kappa shape index (κ2) is 6.86. The first-order valence-electron chi connectivity index (χ1n) is 8.04. The zero-order chi connectivity index (χ0) is 17.2. The molecule has 1 unspecified atom stereocenters. The van der Waals surface area contributed by atoms with Crippen molar-refractivity contribution in [2.75, 3.05) is 25.0 Å². The largest absolute Gasteiger partial charge is 0.375 e. The highest BCUT2D eigenvalue weighted by atomic mass is 32.1. The highest BCUT2D eigenvalue weighted by Gasteiger charge is 2.28. The maximum Gasteiger partial charge on any atom is 0.323 e. The van der Waals surface area contributed by atoms with E-state index in [1.165, 1.54) is 16.9 Å². The number of amides is 2. The van der Waals surface area contributed by atoms with Gasteiger partial charge in [0.05, 0.1) is 12.7 Å².